The lowest BCUT2D eigenvalue weighted by atomic mass is 10.2. The fourth-order valence-corrected chi connectivity index (χ4v) is 2.12. The van der Waals surface area contributed by atoms with E-state index in [1.54, 1.807) is 37.0 Å². The summed E-state index contributed by atoms with van der Waals surface area (Å²) in [4.78, 5) is 4.09. The molecule has 0 aliphatic carbocycles. The fourth-order valence-electron chi connectivity index (χ4n) is 1.68. The van der Waals surface area contributed by atoms with Gasteiger partial charge in [-0.2, -0.15) is 20.5 Å². The molecular formula is C14H21F2N3OS. The monoisotopic (exact) mass is 317 g/mol. The first-order valence-electron chi connectivity index (χ1n) is 6.63. The Kier molecular flexibility index (Phi) is 8.57. The summed E-state index contributed by atoms with van der Waals surface area (Å²) < 4.78 is 29.1. The van der Waals surface area contributed by atoms with Crippen molar-refractivity contribution < 1.29 is 13.5 Å². The van der Waals surface area contributed by atoms with E-state index in [9.17, 15) is 8.78 Å². The molecule has 7 heteroatoms. The van der Waals surface area contributed by atoms with E-state index < -0.39 is 6.61 Å². The van der Waals surface area contributed by atoms with Crippen LogP contribution in [0.2, 0.25) is 0 Å². The van der Waals surface area contributed by atoms with E-state index in [1.807, 2.05) is 0 Å². The van der Waals surface area contributed by atoms with Crippen LogP contribution in [0.1, 0.15) is 12.0 Å². The summed E-state index contributed by atoms with van der Waals surface area (Å²) in [6.07, 6.45) is 3.10. The molecule has 0 saturated carbocycles. The van der Waals surface area contributed by atoms with Crippen LogP contribution < -0.4 is 15.4 Å². The molecule has 21 heavy (non-hydrogen) atoms. The minimum absolute atomic E-state index is 0.179. The number of para-hydroxylation sites is 1. The number of ether oxygens (including phenoxy) is 1. The van der Waals surface area contributed by atoms with Crippen molar-refractivity contribution in [2.24, 2.45) is 4.99 Å². The second-order valence-electron chi connectivity index (χ2n) is 4.19. The smallest absolute Gasteiger partial charge is 0.387 e. The predicted molar refractivity (Wildman–Crippen MR) is 84.3 cm³/mol. The average Bonchev–Trinajstić information content (AvgIpc) is 2.47. The van der Waals surface area contributed by atoms with Crippen LogP contribution in [-0.2, 0) is 6.54 Å². The maximum absolute atomic E-state index is 12.3. The Morgan fingerprint density at radius 1 is 1.33 bits per heavy atom. The third-order valence-corrected chi connectivity index (χ3v) is 3.37. The van der Waals surface area contributed by atoms with E-state index in [0.29, 0.717) is 18.1 Å². The summed E-state index contributed by atoms with van der Waals surface area (Å²) in [5.41, 5.74) is 0.657. The third-order valence-electron chi connectivity index (χ3n) is 2.68. The molecule has 0 fully saturated rings. The quantitative estimate of drug-likeness (QED) is 0.440. The second-order valence-corrected chi connectivity index (χ2v) is 5.17. The molecule has 0 unspecified atom stereocenters. The van der Waals surface area contributed by atoms with Gasteiger partial charge in [-0.15, -0.1) is 0 Å². The molecule has 0 atom stereocenters. The molecule has 2 N–H and O–H groups in total. The van der Waals surface area contributed by atoms with Gasteiger partial charge in [0.15, 0.2) is 5.96 Å². The van der Waals surface area contributed by atoms with E-state index in [-0.39, 0.29) is 5.75 Å². The number of nitrogens with one attached hydrogen (secondary N) is 2. The van der Waals surface area contributed by atoms with E-state index >= 15 is 0 Å². The summed E-state index contributed by atoms with van der Waals surface area (Å²) >= 11 is 1.79. The van der Waals surface area contributed by atoms with Gasteiger partial charge in [0.2, 0.25) is 0 Å². The summed E-state index contributed by atoms with van der Waals surface area (Å²) in [6, 6.07) is 6.71. The topological polar surface area (TPSA) is 45.7 Å². The normalized spacial score (nSPS) is 11.6. The Morgan fingerprint density at radius 3 is 2.76 bits per heavy atom. The first-order valence-corrected chi connectivity index (χ1v) is 8.03. The Bertz CT molecular complexity index is 444. The lowest BCUT2D eigenvalue weighted by Crippen LogP contribution is -2.37. The Morgan fingerprint density at radius 2 is 2.10 bits per heavy atom. The molecule has 1 aromatic rings. The molecule has 0 aliphatic rings. The summed E-state index contributed by atoms with van der Waals surface area (Å²) in [5, 5.41) is 6.25. The number of aliphatic imine (C=N–C) groups is 1. The molecule has 0 aromatic heterocycles. The van der Waals surface area contributed by atoms with E-state index in [0.717, 1.165) is 18.7 Å². The van der Waals surface area contributed by atoms with Gasteiger partial charge >= 0.3 is 6.61 Å². The molecule has 1 rings (SSSR count). The highest BCUT2D eigenvalue weighted by atomic mass is 32.2. The van der Waals surface area contributed by atoms with Crippen molar-refractivity contribution in [3.8, 4) is 5.75 Å². The number of halogens is 2. The number of thioether (sulfide) groups is 1. The highest BCUT2D eigenvalue weighted by Gasteiger charge is 2.09. The van der Waals surface area contributed by atoms with Crippen LogP contribution in [0.4, 0.5) is 8.78 Å². The van der Waals surface area contributed by atoms with Crippen molar-refractivity contribution in [2.75, 3.05) is 25.6 Å². The van der Waals surface area contributed by atoms with Gasteiger partial charge in [0, 0.05) is 25.7 Å². The largest absolute Gasteiger partial charge is 0.434 e. The van der Waals surface area contributed by atoms with Crippen molar-refractivity contribution in [1.82, 2.24) is 10.6 Å². The molecule has 1 aromatic carbocycles. The first-order chi connectivity index (χ1) is 10.2. The number of nitrogens with zero attached hydrogens (tertiary/aromatic N) is 1. The molecule has 0 radical (unpaired) electrons. The number of hydrogen-bond donors (Lipinski definition) is 2. The highest BCUT2D eigenvalue weighted by Crippen LogP contribution is 2.19. The van der Waals surface area contributed by atoms with Crippen molar-refractivity contribution in [3.63, 3.8) is 0 Å². The van der Waals surface area contributed by atoms with Gasteiger partial charge in [0.25, 0.3) is 0 Å². The summed E-state index contributed by atoms with van der Waals surface area (Å²) in [7, 11) is 1.67. The van der Waals surface area contributed by atoms with E-state index in [4.69, 9.17) is 0 Å². The average molecular weight is 317 g/mol. The molecule has 0 saturated heterocycles. The number of guanidine groups is 1. The fraction of sp³-hybridized carbons (Fsp3) is 0.500. The van der Waals surface area contributed by atoms with Gasteiger partial charge in [-0.25, -0.2) is 0 Å². The highest BCUT2D eigenvalue weighted by molar-refractivity contribution is 7.98. The molecule has 0 bridgehead atoms. The molecular weight excluding hydrogens is 296 g/mol. The SMILES string of the molecule is CN=C(NCCCSC)NCc1ccccc1OC(F)F. The lowest BCUT2D eigenvalue weighted by Gasteiger charge is -2.14. The van der Waals surface area contributed by atoms with Crippen molar-refractivity contribution in [3.05, 3.63) is 29.8 Å². The first kappa shape index (κ1) is 17.6. The molecule has 0 heterocycles. The molecule has 0 amide bonds. The minimum atomic E-state index is -2.82. The second kappa shape index (κ2) is 10.3. The van der Waals surface area contributed by atoms with Crippen LogP contribution in [0.5, 0.6) is 5.75 Å². The van der Waals surface area contributed by atoms with Gasteiger partial charge in [-0.3, -0.25) is 4.99 Å². The van der Waals surface area contributed by atoms with Crippen LogP contribution in [0.15, 0.2) is 29.3 Å². The Labute approximate surface area is 128 Å². The van der Waals surface area contributed by atoms with Crippen molar-refractivity contribution >= 4 is 17.7 Å². The number of hydrogen-bond acceptors (Lipinski definition) is 3. The van der Waals surface area contributed by atoms with E-state index in [1.165, 1.54) is 6.07 Å². The molecule has 4 nitrogen and oxygen atoms in total. The molecule has 0 spiro atoms. The minimum Gasteiger partial charge on any atom is -0.434 e. The van der Waals surface area contributed by atoms with Crippen LogP contribution in [0, 0.1) is 0 Å². The lowest BCUT2D eigenvalue weighted by molar-refractivity contribution is -0.0504. The Balaban J connectivity index is 2.49. The zero-order chi connectivity index (χ0) is 15.5. The molecule has 0 aliphatic heterocycles. The molecule has 118 valence electrons. The van der Waals surface area contributed by atoms with Crippen molar-refractivity contribution in [1.29, 1.82) is 0 Å². The zero-order valence-corrected chi connectivity index (χ0v) is 13.1. The maximum Gasteiger partial charge on any atom is 0.387 e. The van der Waals surface area contributed by atoms with Gasteiger partial charge in [-0.05, 0) is 24.5 Å². The number of benzene rings is 1. The van der Waals surface area contributed by atoms with E-state index in [2.05, 4.69) is 26.6 Å². The van der Waals surface area contributed by atoms with Crippen LogP contribution in [0.3, 0.4) is 0 Å². The van der Waals surface area contributed by atoms with Gasteiger partial charge in [0.05, 0.1) is 0 Å². The number of alkyl halides is 2. The zero-order valence-electron chi connectivity index (χ0n) is 12.2. The van der Waals surface area contributed by atoms with Crippen LogP contribution >= 0.6 is 11.8 Å². The predicted octanol–water partition coefficient (Wildman–Crippen LogP) is 2.71. The Hall–Kier alpha value is -1.50. The summed E-state index contributed by atoms with van der Waals surface area (Å²) in [5.74, 6) is 1.90. The van der Waals surface area contributed by atoms with Gasteiger partial charge < -0.3 is 15.4 Å². The van der Waals surface area contributed by atoms with Gasteiger partial charge in [-0.1, -0.05) is 18.2 Å². The summed E-state index contributed by atoms with van der Waals surface area (Å²) in [6.45, 7) is -1.64. The van der Waals surface area contributed by atoms with Crippen molar-refractivity contribution in [2.45, 2.75) is 19.6 Å². The van der Waals surface area contributed by atoms with Crippen LogP contribution in [-0.4, -0.2) is 38.2 Å². The third kappa shape index (κ3) is 7.17. The number of rotatable bonds is 8. The standard InChI is InChI=1S/C14H21F2N3OS/c1-17-14(18-8-5-9-21-2)19-10-11-6-3-4-7-12(11)20-13(15)16/h3-4,6-7,13H,5,8-10H2,1-2H3,(H2,17,18,19). The maximum atomic E-state index is 12.3. The van der Waals surface area contributed by atoms with Gasteiger partial charge in [0.1, 0.15) is 5.75 Å². The van der Waals surface area contributed by atoms with Crippen LogP contribution in [0.25, 0.3) is 0 Å².